The summed E-state index contributed by atoms with van der Waals surface area (Å²) >= 11 is 3.10. The summed E-state index contributed by atoms with van der Waals surface area (Å²) in [7, 11) is 3.50. The summed E-state index contributed by atoms with van der Waals surface area (Å²) in [4.78, 5) is 28.6. The Morgan fingerprint density at radius 2 is 2.14 bits per heavy atom. The number of benzene rings is 1. The van der Waals surface area contributed by atoms with Gasteiger partial charge in [-0.25, -0.2) is 4.79 Å². The van der Waals surface area contributed by atoms with E-state index < -0.39 is 0 Å². The molecule has 0 unspecified atom stereocenters. The van der Waals surface area contributed by atoms with Gasteiger partial charge in [-0.1, -0.05) is 30.0 Å². The van der Waals surface area contributed by atoms with E-state index in [1.807, 2.05) is 21.2 Å². The molecule has 2 N–H and O–H groups in total. The minimum atomic E-state index is -0.358. The van der Waals surface area contributed by atoms with E-state index in [1.54, 1.807) is 28.8 Å². The van der Waals surface area contributed by atoms with Crippen molar-refractivity contribution in [1.29, 1.82) is 5.26 Å². The quantitative estimate of drug-likeness (QED) is 0.214. The van der Waals surface area contributed by atoms with Gasteiger partial charge >= 0.3 is 5.69 Å². The summed E-state index contributed by atoms with van der Waals surface area (Å²) in [6, 6.07) is 8.90. The van der Waals surface area contributed by atoms with Crippen LogP contribution in [-0.2, 0) is 30.7 Å². The number of thiol groups is 1. The number of carbonyl (C=O) groups excluding carboxylic acids is 1. The Bertz CT molecular complexity index is 959. The van der Waals surface area contributed by atoms with Crippen molar-refractivity contribution in [2.24, 2.45) is 0 Å². The number of nitrogens with zero attached hydrogens (tertiary/aromatic N) is 3. The summed E-state index contributed by atoms with van der Waals surface area (Å²) in [6.45, 7) is 0.601. The van der Waals surface area contributed by atoms with Crippen molar-refractivity contribution in [1.82, 2.24) is 14.9 Å². The molecule has 0 aliphatic heterocycles. The van der Waals surface area contributed by atoms with Gasteiger partial charge in [-0.05, 0) is 46.5 Å². The molecule has 1 aliphatic carbocycles. The van der Waals surface area contributed by atoms with Crippen LogP contribution in [0.5, 0.6) is 5.75 Å². The van der Waals surface area contributed by atoms with E-state index in [1.165, 1.54) is 11.8 Å². The molecule has 154 valence electrons. The Kier molecular flexibility index (Phi) is 9.83. The first-order chi connectivity index (χ1) is 14.1. The molecule has 0 saturated heterocycles. The molecule has 1 amide bonds. The van der Waals surface area contributed by atoms with Crippen LogP contribution < -0.4 is 11.0 Å². The van der Waals surface area contributed by atoms with E-state index in [4.69, 9.17) is 5.26 Å². The molecule has 0 saturated carbocycles. The topological polar surface area (TPSA) is 108 Å². The number of fused-ring (bicyclic) bond motifs is 1. The third-order valence-electron chi connectivity index (χ3n) is 4.46. The number of halogens is 1. The van der Waals surface area contributed by atoms with Gasteiger partial charge in [0.25, 0.3) is 0 Å². The minimum absolute atomic E-state index is 0.144. The summed E-state index contributed by atoms with van der Waals surface area (Å²) in [5, 5.41) is 21.9. The number of amides is 1. The second-order valence-corrected chi connectivity index (χ2v) is 7.20. The van der Waals surface area contributed by atoms with Crippen LogP contribution in [0, 0.1) is 11.3 Å². The van der Waals surface area contributed by atoms with Crippen molar-refractivity contribution in [3.8, 4) is 11.8 Å². The van der Waals surface area contributed by atoms with Gasteiger partial charge < -0.3 is 10.4 Å². The Morgan fingerprint density at radius 3 is 2.86 bits per heavy atom. The molecule has 0 fully saturated rings. The molecule has 29 heavy (non-hydrogen) atoms. The summed E-state index contributed by atoms with van der Waals surface area (Å²) in [6.07, 6.45) is 2.85. The molecule has 0 spiro atoms. The Balaban J connectivity index is 0.00000145. The van der Waals surface area contributed by atoms with Crippen LogP contribution in [0.15, 0.2) is 34.1 Å². The van der Waals surface area contributed by atoms with Crippen LogP contribution in [0.2, 0.25) is 0 Å². The lowest BCUT2D eigenvalue weighted by atomic mass is 10.2. The normalized spacial score (nSPS) is 11.8. The largest absolute Gasteiger partial charge is 0.508 e. The monoisotopic (exact) mass is 544 g/mol. The number of hydrogen-bond donors (Lipinski definition) is 3. The maximum atomic E-state index is 12.3. The van der Waals surface area contributed by atoms with Gasteiger partial charge in [-0.2, -0.15) is 10.2 Å². The van der Waals surface area contributed by atoms with E-state index >= 15 is 0 Å². The Morgan fingerprint density at radius 1 is 1.38 bits per heavy atom. The molecule has 1 aliphatic rings. The van der Waals surface area contributed by atoms with E-state index in [9.17, 15) is 14.7 Å². The number of aromatic nitrogens is 2. The van der Waals surface area contributed by atoms with Crippen LogP contribution in [0.4, 0.5) is 0 Å². The molecule has 3 rings (SSSR count). The third-order valence-corrected chi connectivity index (χ3v) is 5.47. The molecular weight excluding hydrogens is 523 g/mol. The summed E-state index contributed by atoms with van der Waals surface area (Å²) < 4.78 is 1.59. The molecule has 7 nitrogen and oxygen atoms in total. The molecule has 2 aromatic rings. The molecule has 1 aromatic heterocycles. The molecular formula is C19H21IN4O3S2. The fraction of sp³-hybridized carbons (Fsp3) is 0.368. The van der Waals surface area contributed by atoms with Crippen LogP contribution in [0.3, 0.4) is 0 Å². The van der Waals surface area contributed by atoms with Crippen molar-refractivity contribution >= 4 is 48.7 Å². The minimum Gasteiger partial charge on any atom is -0.508 e. The van der Waals surface area contributed by atoms with Gasteiger partial charge in [0, 0.05) is 29.9 Å². The maximum absolute atomic E-state index is 12.3. The number of nitriles is 1. The number of phenols is 1. The van der Waals surface area contributed by atoms with Crippen LogP contribution >= 0.6 is 42.8 Å². The highest BCUT2D eigenvalue weighted by Gasteiger charge is 2.22. The molecule has 0 bridgehead atoms. The van der Waals surface area contributed by atoms with Gasteiger partial charge in [0.2, 0.25) is 5.91 Å². The Hall–Kier alpha value is -1.71. The summed E-state index contributed by atoms with van der Waals surface area (Å²) in [5.41, 5.74) is 2.26. The number of thioether (sulfide) groups is 1. The van der Waals surface area contributed by atoms with Crippen molar-refractivity contribution in [3.63, 3.8) is 0 Å². The third kappa shape index (κ3) is 6.38. The molecule has 0 atom stereocenters. The fourth-order valence-corrected chi connectivity index (χ4v) is 4.04. The van der Waals surface area contributed by atoms with E-state index in [-0.39, 0.29) is 36.1 Å². The predicted molar refractivity (Wildman–Crippen MR) is 124 cm³/mol. The first kappa shape index (κ1) is 23.6. The highest BCUT2D eigenvalue weighted by molar-refractivity contribution is 14.2. The highest BCUT2D eigenvalue weighted by Crippen LogP contribution is 2.29. The Labute approximate surface area is 190 Å². The highest BCUT2D eigenvalue weighted by atomic mass is 127. The smallest absolute Gasteiger partial charge is 0.348 e. The lowest BCUT2D eigenvalue weighted by Crippen LogP contribution is -2.28. The number of carbonyl (C=O) groups is 1. The van der Waals surface area contributed by atoms with E-state index in [0.717, 1.165) is 30.5 Å². The second-order valence-electron chi connectivity index (χ2n) is 6.23. The first-order valence-electron chi connectivity index (χ1n) is 8.93. The zero-order chi connectivity index (χ0) is 21.2. The number of aromatic hydroxyl groups is 1. The zero-order valence-electron chi connectivity index (χ0n) is 15.6. The lowest BCUT2D eigenvalue weighted by Gasteiger charge is -2.13. The number of phenolic OH excluding ortho intramolecular Hbond substituents is 1. The SMILES string of the molecule is N#CCCn1c2c(c(SCC(=O)NCc3ccccc3O)nc1=O)CCC2.SI. The lowest BCUT2D eigenvalue weighted by molar-refractivity contribution is -0.118. The van der Waals surface area contributed by atoms with Gasteiger partial charge in [0.1, 0.15) is 10.8 Å². The second kappa shape index (κ2) is 12.1. The van der Waals surface area contributed by atoms with Gasteiger partial charge in [0.15, 0.2) is 0 Å². The van der Waals surface area contributed by atoms with Crippen LogP contribution in [0.1, 0.15) is 29.7 Å². The average Bonchev–Trinajstić information content (AvgIpc) is 3.22. The number of rotatable bonds is 7. The molecule has 0 radical (unpaired) electrons. The van der Waals surface area contributed by atoms with Crippen molar-refractivity contribution in [2.75, 3.05) is 5.75 Å². The van der Waals surface area contributed by atoms with Crippen LogP contribution in [0.25, 0.3) is 0 Å². The summed E-state index contributed by atoms with van der Waals surface area (Å²) in [5.74, 6) is 0.102. The average molecular weight is 544 g/mol. The number of para-hydroxylation sites is 1. The molecule has 1 aromatic carbocycles. The zero-order valence-corrected chi connectivity index (χ0v) is 19.5. The van der Waals surface area contributed by atoms with Gasteiger partial charge in [0.05, 0.1) is 18.2 Å². The first-order valence-corrected chi connectivity index (χ1v) is 13.1. The fourth-order valence-electron chi connectivity index (χ4n) is 3.14. The molecule has 1 heterocycles. The van der Waals surface area contributed by atoms with Crippen LogP contribution in [-0.4, -0.2) is 26.3 Å². The predicted octanol–water partition coefficient (Wildman–Crippen LogP) is 3.03. The number of hydrogen-bond acceptors (Lipinski definition) is 7. The van der Waals surface area contributed by atoms with Crippen molar-refractivity contribution < 1.29 is 9.90 Å². The van der Waals surface area contributed by atoms with E-state index in [2.05, 4.69) is 26.2 Å². The van der Waals surface area contributed by atoms with Crippen molar-refractivity contribution in [3.05, 3.63) is 51.6 Å². The molecule has 10 heteroatoms. The number of nitrogens with one attached hydrogen (secondary N) is 1. The van der Waals surface area contributed by atoms with Gasteiger partial charge in [-0.3, -0.25) is 9.36 Å². The maximum Gasteiger partial charge on any atom is 0.348 e. The van der Waals surface area contributed by atoms with E-state index in [0.29, 0.717) is 17.1 Å². The standard InChI is InChI=1S/C19H20N4O3S.HIS/c20-9-4-10-23-15-7-3-6-14(15)18(22-19(23)26)27-12-17(25)21-11-13-5-1-2-8-16(13)24;1-2/h1-2,5,8,24H,3-4,6-7,10-12H2,(H,21,25);2H. The van der Waals surface area contributed by atoms with Crippen molar-refractivity contribution in [2.45, 2.75) is 43.8 Å². The van der Waals surface area contributed by atoms with Gasteiger partial charge in [-0.15, -0.1) is 9.80 Å².